The van der Waals surface area contributed by atoms with Gasteiger partial charge in [-0.3, -0.25) is 4.79 Å². The molecule has 0 aliphatic rings. The van der Waals surface area contributed by atoms with Crippen molar-refractivity contribution in [1.82, 2.24) is 0 Å². The molecule has 1 radical (unpaired) electrons. The van der Waals surface area contributed by atoms with Crippen LogP contribution in [0, 0.1) is 6.92 Å². The number of hydrogen-bond donors (Lipinski definition) is 1. The Labute approximate surface area is 90.8 Å². The molecular weight excluding hydrogens is 232 g/mol. The summed E-state index contributed by atoms with van der Waals surface area (Å²) >= 11 is 17.2. The lowest BCUT2D eigenvalue weighted by atomic mass is 10.3. The lowest BCUT2D eigenvalue weighted by Crippen LogP contribution is -2.06. The number of anilines is 1. The maximum Gasteiger partial charge on any atom is 0.224 e. The first kappa shape index (κ1) is 10.6. The first-order valence-corrected chi connectivity index (χ1v) is 4.42. The van der Waals surface area contributed by atoms with Crippen molar-refractivity contribution < 1.29 is 4.79 Å². The lowest BCUT2D eigenvalue weighted by molar-refractivity contribution is -0.112. The molecule has 0 unspecified atom stereocenters. The highest BCUT2D eigenvalue weighted by molar-refractivity contribution is 6.49. The summed E-state index contributed by atoms with van der Waals surface area (Å²) in [6.45, 7) is 3.14. The quantitative estimate of drug-likeness (QED) is 0.745. The normalized spacial score (nSPS) is 9.85. The van der Waals surface area contributed by atoms with Gasteiger partial charge in [0.1, 0.15) is 0 Å². The van der Waals surface area contributed by atoms with Gasteiger partial charge in [0.25, 0.3) is 0 Å². The predicted octanol–water partition coefficient (Wildman–Crippen LogP) is 3.42. The molecule has 69 valence electrons. The van der Waals surface area contributed by atoms with E-state index in [9.17, 15) is 4.79 Å². The van der Waals surface area contributed by atoms with E-state index < -0.39 is 5.91 Å². The zero-order valence-electron chi connectivity index (χ0n) is 6.40. The average molecular weight is 237 g/mol. The van der Waals surface area contributed by atoms with Gasteiger partial charge in [0, 0.05) is 6.92 Å². The number of carbonyl (C=O) groups excluding carboxylic acids is 1. The Morgan fingerprint density at radius 3 is 2.38 bits per heavy atom. The number of nitrogens with one attached hydrogen (secondary N) is 1. The summed E-state index contributed by atoms with van der Waals surface area (Å²) in [5.41, 5.74) is 0.399. The Kier molecular flexibility index (Phi) is 3.42. The van der Waals surface area contributed by atoms with E-state index in [1.54, 1.807) is 12.1 Å². The first-order chi connectivity index (χ1) is 6.02. The van der Waals surface area contributed by atoms with Gasteiger partial charge in [0.15, 0.2) is 0 Å². The maximum atomic E-state index is 10.6. The predicted molar refractivity (Wildman–Crippen MR) is 55.5 cm³/mol. The SMILES string of the molecule is [CH2]C(=O)Nc1ccc(Cl)c(Cl)c1Cl. The molecule has 0 aliphatic carbocycles. The van der Waals surface area contributed by atoms with Crippen LogP contribution in [0.5, 0.6) is 0 Å². The summed E-state index contributed by atoms with van der Waals surface area (Å²) < 4.78 is 0. The van der Waals surface area contributed by atoms with Gasteiger partial charge < -0.3 is 5.32 Å². The van der Waals surface area contributed by atoms with Crippen LogP contribution in [0.25, 0.3) is 0 Å². The molecule has 0 aliphatic heterocycles. The van der Waals surface area contributed by atoms with Crippen LogP contribution < -0.4 is 5.32 Å². The van der Waals surface area contributed by atoms with Gasteiger partial charge in [-0.2, -0.15) is 0 Å². The summed E-state index contributed by atoms with van der Waals surface area (Å²) in [4.78, 5) is 10.6. The second-order valence-corrected chi connectivity index (χ2v) is 3.43. The zero-order valence-corrected chi connectivity index (χ0v) is 8.67. The van der Waals surface area contributed by atoms with Gasteiger partial charge >= 0.3 is 0 Å². The number of rotatable bonds is 1. The molecule has 0 heterocycles. The third kappa shape index (κ3) is 2.50. The highest BCUT2D eigenvalue weighted by Crippen LogP contribution is 2.35. The highest BCUT2D eigenvalue weighted by Gasteiger charge is 2.08. The minimum Gasteiger partial charge on any atom is -0.325 e. The fraction of sp³-hybridized carbons (Fsp3) is 0. The zero-order chi connectivity index (χ0) is 10.0. The summed E-state index contributed by atoms with van der Waals surface area (Å²) in [6.07, 6.45) is 0. The van der Waals surface area contributed by atoms with Crippen LogP contribution in [0.15, 0.2) is 12.1 Å². The van der Waals surface area contributed by atoms with Crippen LogP contribution >= 0.6 is 34.8 Å². The number of amides is 1. The molecule has 0 aromatic heterocycles. The average Bonchev–Trinajstić information content (AvgIpc) is 2.06. The molecule has 0 atom stereocenters. The first-order valence-electron chi connectivity index (χ1n) is 3.29. The molecule has 0 saturated heterocycles. The van der Waals surface area contributed by atoms with Gasteiger partial charge in [-0.25, -0.2) is 0 Å². The molecule has 1 N–H and O–H groups in total. The third-order valence-electron chi connectivity index (χ3n) is 1.31. The van der Waals surface area contributed by atoms with E-state index in [-0.39, 0.29) is 10.0 Å². The van der Waals surface area contributed by atoms with Crippen molar-refractivity contribution in [2.24, 2.45) is 0 Å². The van der Waals surface area contributed by atoms with Crippen LogP contribution in [-0.2, 0) is 4.79 Å². The van der Waals surface area contributed by atoms with Gasteiger partial charge in [-0.1, -0.05) is 34.8 Å². The van der Waals surface area contributed by atoms with Gasteiger partial charge in [0.2, 0.25) is 5.91 Å². The molecular formula is C8H5Cl3NO. The summed E-state index contributed by atoms with van der Waals surface area (Å²) in [5, 5.41) is 3.19. The number of carbonyl (C=O) groups is 1. The van der Waals surface area contributed by atoms with Crippen molar-refractivity contribution in [3.05, 3.63) is 34.1 Å². The largest absolute Gasteiger partial charge is 0.325 e. The molecule has 1 amide bonds. The molecule has 0 spiro atoms. The van der Waals surface area contributed by atoms with E-state index in [1.807, 2.05) is 0 Å². The lowest BCUT2D eigenvalue weighted by Gasteiger charge is -2.06. The van der Waals surface area contributed by atoms with E-state index in [0.29, 0.717) is 10.7 Å². The Hall–Kier alpha value is -0.440. The van der Waals surface area contributed by atoms with Crippen molar-refractivity contribution in [2.45, 2.75) is 0 Å². The molecule has 13 heavy (non-hydrogen) atoms. The minimum atomic E-state index is -0.458. The Bertz CT molecular complexity index is 351. The number of benzene rings is 1. The van der Waals surface area contributed by atoms with E-state index in [4.69, 9.17) is 34.8 Å². The highest BCUT2D eigenvalue weighted by atomic mass is 35.5. The monoisotopic (exact) mass is 236 g/mol. The molecule has 5 heteroatoms. The Morgan fingerprint density at radius 1 is 1.23 bits per heavy atom. The van der Waals surface area contributed by atoms with Crippen LogP contribution in [-0.4, -0.2) is 5.91 Å². The fourth-order valence-corrected chi connectivity index (χ4v) is 1.36. The third-order valence-corrected chi connectivity index (χ3v) is 2.60. The summed E-state index contributed by atoms with van der Waals surface area (Å²) in [5.74, 6) is -0.458. The van der Waals surface area contributed by atoms with Crippen molar-refractivity contribution in [3.63, 3.8) is 0 Å². The van der Waals surface area contributed by atoms with Crippen LogP contribution in [0.4, 0.5) is 5.69 Å². The Morgan fingerprint density at radius 2 is 1.85 bits per heavy atom. The standard InChI is InChI=1S/C8H5Cl3NO/c1-4(13)12-6-3-2-5(9)7(10)8(6)11/h2-3H,1H2,(H,12,13). The maximum absolute atomic E-state index is 10.6. The van der Waals surface area contributed by atoms with Crippen molar-refractivity contribution in [2.75, 3.05) is 5.32 Å². The number of hydrogen-bond acceptors (Lipinski definition) is 1. The molecule has 0 bridgehead atoms. The van der Waals surface area contributed by atoms with E-state index in [1.165, 1.54) is 0 Å². The topological polar surface area (TPSA) is 29.1 Å². The van der Waals surface area contributed by atoms with Gasteiger partial charge in [-0.15, -0.1) is 0 Å². The second-order valence-electron chi connectivity index (χ2n) is 2.27. The Balaban J connectivity index is 3.10. The van der Waals surface area contributed by atoms with E-state index >= 15 is 0 Å². The minimum absolute atomic E-state index is 0.214. The molecule has 0 saturated carbocycles. The number of halogens is 3. The van der Waals surface area contributed by atoms with Crippen LogP contribution in [0.2, 0.25) is 15.1 Å². The second kappa shape index (κ2) is 4.18. The molecule has 1 aromatic carbocycles. The summed E-state index contributed by atoms with van der Waals surface area (Å²) in [7, 11) is 0. The summed E-state index contributed by atoms with van der Waals surface area (Å²) in [6, 6.07) is 3.10. The van der Waals surface area contributed by atoms with Crippen molar-refractivity contribution in [1.29, 1.82) is 0 Å². The smallest absolute Gasteiger partial charge is 0.224 e. The molecule has 1 aromatic rings. The fourth-order valence-electron chi connectivity index (χ4n) is 0.773. The molecule has 2 nitrogen and oxygen atoms in total. The van der Waals surface area contributed by atoms with Crippen molar-refractivity contribution >= 4 is 46.4 Å². The molecule has 1 rings (SSSR count). The van der Waals surface area contributed by atoms with Crippen LogP contribution in [0.3, 0.4) is 0 Å². The van der Waals surface area contributed by atoms with E-state index in [2.05, 4.69) is 12.2 Å². The van der Waals surface area contributed by atoms with Gasteiger partial charge in [-0.05, 0) is 12.1 Å². The van der Waals surface area contributed by atoms with Crippen LogP contribution in [0.1, 0.15) is 0 Å². The van der Waals surface area contributed by atoms with Gasteiger partial charge in [0.05, 0.1) is 20.8 Å². The molecule has 0 fully saturated rings. The van der Waals surface area contributed by atoms with E-state index in [0.717, 1.165) is 0 Å². The van der Waals surface area contributed by atoms with Crippen molar-refractivity contribution in [3.8, 4) is 0 Å².